The minimum Gasteiger partial charge on any atom is -0.342 e. The lowest BCUT2D eigenvalue weighted by Crippen LogP contribution is -2.33. The summed E-state index contributed by atoms with van der Waals surface area (Å²) in [4.78, 5) is 23.7. The molecule has 0 saturated carbocycles. The second kappa shape index (κ2) is 7.12. The normalized spacial score (nSPS) is 10.5. The van der Waals surface area contributed by atoms with Gasteiger partial charge in [0, 0.05) is 13.5 Å². The first-order valence-electron chi connectivity index (χ1n) is 6.90. The van der Waals surface area contributed by atoms with Gasteiger partial charge < -0.3 is 5.32 Å². The summed E-state index contributed by atoms with van der Waals surface area (Å²) >= 11 is 1.34. The van der Waals surface area contributed by atoms with Gasteiger partial charge in [0.15, 0.2) is 0 Å². The minimum absolute atomic E-state index is 0.133. The quantitative estimate of drug-likeness (QED) is 0.823. The van der Waals surface area contributed by atoms with Crippen LogP contribution in [0.5, 0.6) is 0 Å². The first-order valence-corrected chi connectivity index (χ1v) is 7.72. The molecule has 0 aliphatic rings. The van der Waals surface area contributed by atoms with Crippen molar-refractivity contribution in [3.05, 3.63) is 22.5 Å². The number of aryl methyl sites for hydroxylation is 3. The van der Waals surface area contributed by atoms with Crippen LogP contribution in [0.3, 0.4) is 0 Å². The van der Waals surface area contributed by atoms with E-state index in [1.807, 2.05) is 0 Å². The number of nitrogens with one attached hydrogen (secondary N) is 2. The largest absolute Gasteiger partial charge is 0.342 e. The first-order chi connectivity index (χ1) is 10.5. The Kier molecular flexibility index (Phi) is 5.21. The van der Waals surface area contributed by atoms with Crippen molar-refractivity contribution in [1.82, 2.24) is 25.3 Å². The topological polar surface area (TPSA) is 102 Å². The second-order valence-electron chi connectivity index (χ2n) is 4.78. The summed E-state index contributed by atoms with van der Waals surface area (Å²) in [6.07, 6.45) is 1.81. The van der Waals surface area contributed by atoms with Gasteiger partial charge in [-0.15, -0.1) is 10.2 Å². The fourth-order valence-electron chi connectivity index (χ4n) is 1.86. The summed E-state index contributed by atoms with van der Waals surface area (Å²) < 4.78 is 1.48. The summed E-state index contributed by atoms with van der Waals surface area (Å²) in [5, 5.41) is 18.4. The van der Waals surface area contributed by atoms with E-state index >= 15 is 0 Å². The third-order valence-electron chi connectivity index (χ3n) is 2.82. The number of anilines is 1. The molecular formula is C13H18N6O2S. The maximum atomic E-state index is 11.9. The molecule has 22 heavy (non-hydrogen) atoms. The zero-order valence-electron chi connectivity index (χ0n) is 12.7. The Morgan fingerprint density at radius 1 is 1.36 bits per heavy atom. The molecule has 9 heteroatoms. The van der Waals surface area contributed by atoms with E-state index in [0.717, 1.165) is 23.5 Å². The van der Waals surface area contributed by atoms with E-state index in [9.17, 15) is 9.59 Å². The predicted octanol–water partition coefficient (Wildman–Crippen LogP) is 0.901. The molecule has 0 atom stereocenters. The minimum atomic E-state index is -0.345. The van der Waals surface area contributed by atoms with Crippen molar-refractivity contribution < 1.29 is 9.59 Å². The van der Waals surface area contributed by atoms with Gasteiger partial charge in [0.25, 0.3) is 5.91 Å². The number of hydrogen-bond acceptors (Lipinski definition) is 6. The van der Waals surface area contributed by atoms with E-state index in [-0.39, 0.29) is 18.4 Å². The van der Waals surface area contributed by atoms with Crippen LogP contribution >= 0.6 is 11.3 Å². The summed E-state index contributed by atoms with van der Waals surface area (Å²) in [6.45, 7) is 3.72. The average molecular weight is 322 g/mol. The van der Waals surface area contributed by atoms with E-state index in [1.54, 1.807) is 20.0 Å². The fraction of sp³-hybridized carbons (Fsp3) is 0.462. The molecule has 0 bridgehead atoms. The van der Waals surface area contributed by atoms with E-state index in [0.29, 0.717) is 10.8 Å². The maximum absolute atomic E-state index is 11.9. The molecule has 2 N–H and O–H groups in total. The Morgan fingerprint density at radius 3 is 2.77 bits per heavy atom. The van der Waals surface area contributed by atoms with Gasteiger partial charge >= 0.3 is 0 Å². The Morgan fingerprint density at radius 2 is 2.14 bits per heavy atom. The Bertz CT molecular complexity index is 678. The molecule has 118 valence electrons. The zero-order valence-corrected chi connectivity index (χ0v) is 13.5. The SMILES string of the molecule is CCCc1nnc(NC(=O)CNC(=O)c2cc(C)nn2C)s1. The highest BCUT2D eigenvalue weighted by atomic mass is 32.1. The molecular weight excluding hydrogens is 304 g/mol. The van der Waals surface area contributed by atoms with Gasteiger partial charge in [-0.25, -0.2) is 0 Å². The van der Waals surface area contributed by atoms with Crippen molar-refractivity contribution in [2.24, 2.45) is 7.05 Å². The van der Waals surface area contributed by atoms with Gasteiger partial charge in [-0.05, 0) is 19.4 Å². The average Bonchev–Trinajstić information content (AvgIpc) is 3.03. The van der Waals surface area contributed by atoms with E-state index < -0.39 is 0 Å². The van der Waals surface area contributed by atoms with Crippen molar-refractivity contribution in [3.8, 4) is 0 Å². The molecule has 2 amide bonds. The molecule has 0 aliphatic carbocycles. The summed E-state index contributed by atoms with van der Waals surface area (Å²) in [6, 6.07) is 1.66. The van der Waals surface area contributed by atoms with Crippen LogP contribution in [0.4, 0.5) is 5.13 Å². The lowest BCUT2D eigenvalue weighted by Gasteiger charge is -2.04. The van der Waals surface area contributed by atoms with Crippen LogP contribution in [0.15, 0.2) is 6.07 Å². The number of hydrogen-bond donors (Lipinski definition) is 2. The van der Waals surface area contributed by atoms with Crippen LogP contribution in [-0.2, 0) is 18.3 Å². The van der Waals surface area contributed by atoms with Crippen LogP contribution in [0, 0.1) is 6.92 Å². The van der Waals surface area contributed by atoms with E-state index in [1.165, 1.54) is 16.0 Å². The third kappa shape index (κ3) is 4.10. The van der Waals surface area contributed by atoms with Crippen molar-refractivity contribution in [1.29, 1.82) is 0 Å². The van der Waals surface area contributed by atoms with Gasteiger partial charge in [0.2, 0.25) is 11.0 Å². The van der Waals surface area contributed by atoms with Crippen LogP contribution in [0.25, 0.3) is 0 Å². The standard InChI is InChI=1S/C13H18N6O2S/c1-4-5-11-16-17-13(22-11)15-10(20)7-14-12(21)9-6-8(2)18-19(9)3/h6H,4-5,7H2,1-3H3,(H,14,21)(H,15,17,20). The molecule has 2 rings (SSSR count). The van der Waals surface area contributed by atoms with Crippen molar-refractivity contribution >= 4 is 28.3 Å². The molecule has 0 aromatic carbocycles. The summed E-state index contributed by atoms with van der Waals surface area (Å²) in [5.74, 6) is -0.686. The molecule has 0 fully saturated rings. The Hall–Kier alpha value is -2.29. The molecule has 2 heterocycles. The predicted molar refractivity (Wildman–Crippen MR) is 82.8 cm³/mol. The van der Waals surface area contributed by atoms with Crippen LogP contribution in [0.1, 0.15) is 34.5 Å². The number of nitrogens with zero attached hydrogens (tertiary/aromatic N) is 4. The van der Waals surface area contributed by atoms with Crippen molar-refractivity contribution in [2.45, 2.75) is 26.7 Å². The summed E-state index contributed by atoms with van der Waals surface area (Å²) in [7, 11) is 1.68. The lowest BCUT2D eigenvalue weighted by atomic mass is 10.3. The molecule has 2 aromatic heterocycles. The maximum Gasteiger partial charge on any atom is 0.269 e. The van der Waals surface area contributed by atoms with Gasteiger partial charge in [0.1, 0.15) is 10.7 Å². The van der Waals surface area contributed by atoms with Gasteiger partial charge in [-0.3, -0.25) is 19.6 Å². The Labute approximate surface area is 131 Å². The van der Waals surface area contributed by atoms with E-state index in [4.69, 9.17) is 0 Å². The van der Waals surface area contributed by atoms with Crippen molar-refractivity contribution in [3.63, 3.8) is 0 Å². The van der Waals surface area contributed by atoms with E-state index in [2.05, 4.69) is 32.9 Å². The van der Waals surface area contributed by atoms with Crippen LogP contribution in [-0.4, -0.2) is 38.3 Å². The number of amides is 2. The van der Waals surface area contributed by atoms with Gasteiger partial charge in [0.05, 0.1) is 12.2 Å². The highest BCUT2D eigenvalue weighted by molar-refractivity contribution is 7.15. The molecule has 2 aromatic rings. The number of aromatic nitrogens is 4. The zero-order chi connectivity index (χ0) is 16.1. The molecule has 0 radical (unpaired) electrons. The van der Waals surface area contributed by atoms with Gasteiger partial charge in [-0.1, -0.05) is 18.3 Å². The van der Waals surface area contributed by atoms with Crippen LogP contribution in [0.2, 0.25) is 0 Å². The molecule has 0 unspecified atom stereocenters. The molecule has 0 saturated heterocycles. The third-order valence-corrected chi connectivity index (χ3v) is 3.72. The monoisotopic (exact) mass is 322 g/mol. The first kappa shape index (κ1) is 16.1. The highest BCUT2D eigenvalue weighted by Crippen LogP contribution is 2.16. The number of carbonyl (C=O) groups excluding carboxylic acids is 2. The summed E-state index contributed by atoms with van der Waals surface area (Å²) in [5.41, 5.74) is 1.15. The number of carbonyl (C=O) groups is 2. The smallest absolute Gasteiger partial charge is 0.269 e. The molecule has 0 aliphatic heterocycles. The highest BCUT2D eigenvalue weighted by Gasteiger charge is 2.14. The van der Waals surface area contributed by atoms with Gasteiger partial charge in [-0.2, -0.15) is 5.10 Å². The van der Waals surface area contributed by atoms with Crippen LogP contribution < -0.4 is 10.6 Å². The van der Waals surface area contributed by atoms with Crippen molar-refractivity contribution in [2.75, 3.05) is 11.9 Å². The fourth-order valence-corrected chi connectivity index (χ4v) is 2.71. The second-order valence-corrected chi connectivity index (χ2v) is 5.84. The Balaban J connectivity index is 1.84. The number of rotatable bonds is 6. The molecule has 8 nitrogen and oxygen atoms in total. The lowest BCUT2D eigenvalue weighted by molar-refractivity contribution is -0.115. The molecule has 0 spiro atoms.